The summed E-state index contributed by atoms with van der Waals surface area (Å²) in [6.45, 7) is 0. The Balaban J connectivity index is 1.84. The number of carbonyl (C=O) groups excluding carboxylic acids is 2. The maximum Gasteiger partial charge on any atom is 0.290 e. The molecule has 0 N–H and O–H groups in total. The lowest BCUT2D eigenvalue weighted by Crippen LogP contribution is -2.54. The van der Waals surface area contributed by atoms with Crippen molar-refractivity contribution in [2.75, 3.05) is 13.3 Å². The molecule has 3 rings (SSSR count). The number of hydrogen-bond donors (Lipinski definition) is 0. The quantitative estimate of drug-likeness (QED) is 0.422. The molecule has 0 radical (unpaired) electrons. The van der Waals surface area contributed by atoms with Crippen molar-refractivity contribution in [3.63, 3.8) is 0 Å². The van der Waals surface area contributed by atoms with Crippen molar-refractivity contribution in [1.82, 2.24) is 20.0 Å². The standard InChI is InChI=1S/C21H25FN4O2S/c1-25(20(28)18-12-13-23-21(24-18)29-2)26(17-6-4-3-5-7-17)19(27)14-15-8-10-16(22)11-9-15/h8-13,17H,3-7,14H2,1-2H3. The topological polar surface area (TPSA) is 66.4 Å². The molecule has 1 aliphatic rings. The maximum absolute atomic E-state index is 13.2. The Kier molecular flexibility index (Phi) is 7.19. The molecule has 2 amide bonds. The Morgan fingerprint density at radius 2 is 1.83 bits per heavy atom. The predicted molar refractivity (Wildman–Crippen MR) is 110 cm³/mol. The number of hydrazine groups is 1. The van der Waals surface area contributed by atoms with Gasteiger partial charge in [0.15, 0.2) is 5.16 Å². The van der Waals surface area contributed by atoms with Gasteiger partial charge >= 0.3 is 0 Å². The van der Waals surface area contributed by atoms with Crippen LogP contribution in [0.15, 0.2) is 41.7 Å². The first-order valence-corrected chi connectivity index (χ1v) is 10.9. The van der Waals surface area contributed by atoms with Gasteiger partial charge in [0.25, 0.3) is 5.91 Å². The van der Waals surface area contributed by atoms with Crippen molar-refractivity contribution in [3.05, 3.63) is 53.6 Å². The van der Waals surface area contributed by atoms with E-state index in [1.54, 1.807) is 36.5 Å². The summed E-state index contributed by atoms with van der Waals surface area (Å²) in [5, 5.41) is 3.46. The van der Waals surface area contributed by atoms with Crippen LogP contribution in [0.2, 0.25) is 0 Å². The minimum atomic E-state index is -0.347. The van der Waals surface area contributed by atoms with Gasteiger partial charge in [-0.3, -0.25) is 9.59 Å². The number of halogens is 1. The summed E-state index contributed by atoms with van der Waals surface area (Å²) in [6.07, 6.45) is 8.39. The average molecular weight is 417 g/mol. The molecule has 0 aliphatic heterocycles. The molecule has 0 spiro atoms. The van der Waals surface area contributed by atoms with E-state index in [9.17, 15) is 14.0 Å². The zero-order chi connectivity index (χ0) is 20.8. The van der Waals surface area contributed by atoms with Gasteiger partial charge in [-0.05, 0) is 42.9 Å². The fraction of sp³-hybridized carbons (Fsp3) is 0.429. The molecule has 0 unspecified atom stereocenters. The minimum absolute atomic E-state index is 0.0347. The fourth-order valence-corrected chi connectivity index (χ4v) is 3.98. The predicted octanol–water partition coefficient (Wildman–Crippen LogP) is 3.73. The van der Waals surface area contributed by atoms with E-state index in [0.29, 0.717) is 10.7 Å². The third-order valence-electron chi connectivity index (χ3n) is 5.10. The summed E-state index contributed by atoms with van der Waals surface area (Å²) < 4.78 is 13.2. The molecular weight excluding hydrogens is 391 g/mol. The van der Waals surface area contributed by atoms with Crippen LogP contribution in [-0.4, -0.2) is 51.1 Å². The first-order chi connectivity index (χ1) is 14.0. The van der Waals surface area contributed by atoms with Crippen LogP contribution in [0, 0.1) is 5.82 Å². The van der Waals surface area contributed by atoms with E-state index in [-0.39, 0.29) is 35.8 Å². The summed E-state index contributed by atoms with van der Waals surface area (Å²) in [5.74, 6) is -0.870. The first kappa shape index (κ1) is 21.2. The molecule has 2 aromatic rings. The smallest absolute Gasteiger partial charge is 0.273 e. The molecule has 6 nitrogen and oxygen atoms in total. The van der Waals surface area contributed by atoms with Crippen molar-refractivity contribution >= 4 is 23.6 Å². The first-order valence-electron chi connectivity index (χ1n) is 9.71. The Labute approximate surface area is 174 Å². The van der Waals surface area contributed by atoms with Crippen LogP contribution in [0.25, 0.3) is 0 Å². The molecule has 0 saturated heterocycles. The Morgan fingerprint density at radius 3 is 2.48 bits per heavy atom. The molecule has 1 aliphatic carbocycles. The number of benzene rings is 1. The van der Waals surface area contributed by atoms with Crippen LogP contribution in [0.1, 0.15) is 48.2 Å². The second-order valence-electron chi connectivity index (χ2n) is 7.09. The van der Waals surface area contributed by atoms with Crippen molar-refractivity contribution in [2.45, 2.75) is 49.7 Å². The largest absolute Gasteiger partial charge is 0.290 e. The van der Waals surface area contributed by atoms with Crippen LogP contribution < -0.4 is 0 Å². The summed E-state index contributed by atoms with van der Waals surface area (Å²) in [6, 6.07) is 7.40. The lowest BCUT2D eigenvalue weighted by molar-refractivity contribution is -0.148. The number of aromatic nitrogens is 2. The molecule has 1 aromatic carbocycles. The molecule has 1 fully saturated rings. The molecule has 8 heteroatoms. The number of hydrogen-bond acceptors (Lipinski definition) is 5. The highest BCUT2D eigenvalue weighted by atomic mass is 32.2. The molecule has 1 saturated carbocycles. The van der Waals surface area contributed by atoms with Crippen LogP contribution in [-0.2, 0) is 11.2 Å². The Hall–Kier alpha value is -2.48. The molecule has 154 valence electrons. The van der Waals surface area contributed by atoms with Crippen LogP contribution >= 0.6 is 11.8 Å². The fourth-order valence-electron chi connectivity index (χ4n) is 3.62. The molecule has 29 heavy (non-hydrogen) atoms. The van der Waals surface area contributed by atoms with E-state index in [2.05, 4.69) is 9.97 Å². The van der Waals surface area contributed by atoms with Gasteiger partial charge in [-0.1, -0.05) is 43.2 Å². The Bertz CT molecular complexity index is 856. The van der Waals surface area contributed by atoms with Gasteiger partial charge in [0, 0.05) is 13.2 Å². The summed E-state index contributed by atoms with van der Waals surface area (Å²) in [5.41, 5.74) is 0.965. The summed E-state index contributed by atoms with van der Waals surface area (Å²) >= 11 is 1.35. The molecule has 0 bridgehead atoms. The molecular formula is C21H25FN4O2S. The zero-order valence-corrected chi connectivity index (χ0v) is 17.5. The summed E-state index contributed by atoms with van der Waals surface area (Å²) in [4.78, 5) is 34.7. The summed E-state index contributed by atoms with van der Waals surface area (Å²) in [7, 11) is 1.61. The number of thioether (sulfide) groups is 1. The van der Waals surface area contributed by atoms with Gasteiger partial charge in [0.05, 0.1) is 12.5 Å². The van der Waals surface area contributed by atoms with Crippen molar-refractivity contribution in [2.24, 2.45) is 0 Å². The lowest BCUT2D eigenvalue weighted by Gasteiger charge is -2.40. The third kappa shape index (κ3) is 5.32. The van der Waals surface area contributed by atoms with E-state index in [1.807, 2.05) is 6.26 Å². The number of rotatable bonds is 5. The Morgan fingerprint density at radius 1 is 1.14 bits per heavy atom. The lowest BCUT2D eigenvalue weighted by atomic mass is 9.94. The van der Waals surface area contributed by atoms with E-state index >= 15 is 0 Å². The van der Waals surface area contributed by atoms with Crippen LogP contribution in [0.5, 0.6) is 0 Å². The van der Waals surface area contributed by atoms with Gasteiger partial charge in [-0.25, -0.2) is 24.4 Å². The van der Waals surface area contributed by atoms with E-state index in [1.165, 1.54) is 28.9 Å². The van der Waals surface area contributed by atoms with Crippen molar-refractivity contribution < 1.29 is 14.0 Å². The maximum atomic E-state index is 13.2. The van der Waals surface area contributed by atoms with E-state index < -0.39 is 0 Å². The van der Waals surface area contributed by atoms with E-state index in [4.69, 9.17) is 0 Å². The number of amides is 2. The van der Waals surface area contributed by atoms with E-state index in [0.717, 1.165) is 32.1 Å². The van der Waals surface area contributed by atoms with Crippen molar-refractivity contribution in [1.29, 1.82) is 0 Å². The molecule has 1 aromatic heterocycles. The minimum Gasteiger partial charge on any atom is -0.273 e. The van der Waals surface area contributed by atoms with Gasteiger partial charge in [-0.15, -0.1) is 0 Å². The molecule has 1 heterocycles. The second kappa shape index (κ2) is 9.82. The molecule has 0 atom stereocenters. The number of nitrogens with zero attached hydrogens (tertiary/aromatic N) is 4. The highest BCUT2D eigenvalue weighted by molar-refractivity contribution is 7.98. The van der Waals surface area contributed by atoms with Crippen LogP contribution in [0.4, 0.5) is 4.39 Å². The highest BCUT2D eigenvalue weighted by Crippen LogP contribution is 2.25. The van der Waals surface area contributed by atoms with Gasteiger partial charge in [0.2, 0.25) is 5.91 Å². The monoisotopic (exact) mass is 416 g/mol. The zero-order valence-electron chi connectivity index (χ0n) is 16.7. The normalized spacial score (nSPS) is 14.4. The van der Waals surface area contributed by atoms with Gasteiger partial charge in [0.1, 0.15) is 11.5 Å². The van der Waals surface area contributed by atoms with Crippen LogP contribution in [0.3, 0.4) is 0 Å². The van der Waals surface area contributed by atoms with Gasteiger partial charge < -0.3 is 0 Å². The SMILES string of the molecule is CSc1nccc(C(=O)N(C)N(C(=O)Cc2ccc(F)cc2)C2CCCCC2)n1. The highest BCUT2D eigenvalue weighted by Gasteiger charge is 2.32. The van der Waals surface area contributed by atoms with Gasteiger partial charge in [-0.2, -0.15) is 0 Å². The third-order valence-corrected chi connectivity index (χ3v) is 5.66. The number of carbonyl (C=O) groups is 2. The second-order valence-corrected chi connectivity index (χ2v) is 7.86. The average Bonchev–Trinajstić information content (AvgIpc) is 2.75. The van der Waals surface area contributed by atoms with Crippen molar-refractivity contribution in [3.8, 4) is 0 Å².